The molecule has 2 rings (SSSR count). The van der Waals surface area contributed by atoms with Crippen LogP contribution < -0.4 is 5.32 Å². The molecule has 1 aliphatic carbocycles. The van der Waals surface area contributed by atoms with Gasteiger partial charge in [0, 0.05) is 18.6 Å². The summed E-state index contributed by atoms with van der Waals surface area (Å²) in [6, 6.07) is 1.11. The zero-order valence-electron chi connectivity index (χ0n) is 13.0. The molecule has 0 bridgehead atoms. The lowest BCUT2D eigenvalue weighted by Crippen LogP contribution is -2.53. The highest BCUT2D eigenvalue weighted by molar-refractivity contribution is 5.78. The fourth-order valence-electron chi connectivity index (χ4n) is 3.30. The summed E-state index contributed by atoms with van der Waals surface area (Å²) in [5, 5.41) is 12.9. The summed E-state index contributed by atoms with van der Waals surface area (Å²) >= 11 is 0. The Hall–Kier alpha value is -0.610. The van der Waals surface area contributed by atoms with E-state index < -0.39 is 11.5 Å². The Morgan fingerprint density at radius 1 is 1.35 bits per heavy atom. The average Bonchev–Trinajstić information content (AvgIpc) is 3.22. The summed E-state index contributed by atoms with van der Waals surface area (Å²) in [4.78, 5) is 14.1. The SMILES string of the molecule is CCCC1CCCCN1CCC(C)(NC1CC1)C(=O)O. The molecule has 2 aliphatic rings. The Labute approximate surface area is 122 Å². The Kier molecular flexibility index (Phi) is 5.44. The lowest BCUT2D eigenvalue weighted by atomic mass is 9.94. The predicted octanol–water partition coefficient (Wildman–Crippen LogP) is 2.63. The number of carboxylic acids is 1. The molecule has 2 unspecified atom stereocenters. The maximum Gasteiger partial charge on any atom is 0.323 e. The summed E-state index contributed by atoms with van der Waals surface area (Å²) in [7, 11) is 0. The van der Waals surface area contributed by atoms with Crippen molar-refractivity contribution in [3.63, 3.8) is 0 Å². The van der Waals surface area contributed by atoms with E-state index >= 15 is 0 Å². The van der Waals surface area contributed by atoms with E-state index in [0.29, 0.717) is 18.5 Å². The zero-order chi connectivity index (χ0) is 14.6. The van der Waals surface area contributed by atoms with E-state index in [1.807, 2.05) is 6.92 Å². The first-order valence-electron chi connectivity index (χ1n) is 8.30. The molecule has 1 saturated carbocycles. The first kappa shape index (κ1) is 15.8. The van der Waals surface area contributed by atoms with Crippen molar-refractivity contribution in [3.8, 4) is 0 Å². The molecule has 0 aromatic carbocycles. The molecular formula is C16H30N2O2. The van der Waals surface area contributed by atoms with Gasteiger partial charge >= 0.3 is 5.97 Å². The highest BCUT2D eigenvalue weighted by Gasteiger charge is 2.39. The monoisotopic (exact) mass is 282 g/mol. The van der Waals surface area contributed by atoms with Gasteiger partial charge in [-0.3, -0.25) is 10.1 Å². The maximum absolute atomic E-state index is 11.6. The molecule has 4 heteroatoms. The van der Waals surface area contributed by atoms with E-state index in [1.165, 1.54) is 32.1 Å². The van der Waals surface area contributed by atoms with Crippen LogP contribution in [0.3, 0.4) is 0 Å². The highest BCUT2D eigenvalue weighted by atomic mass is 16.4. The quantitative estimate of drug-likeness (QED) is 0.718. The Bertz CT molecular complexity index is 328. The molecule has 1 saturated heterocycles. The minimum absolute atomic E-state index is 0.434. The van der Waals surface area contributed by atoms with Crippen molar-refractivity contribution in [2.45, 2.75) is 82.8 Å². The Morgan fingerprint density at radius 2 is 2.10 bits per heavy atom. The van der Waals surface area contributed by atoms with Gasteiger partial charge in [0.2, 0.25) is 0 Å². The molecule has 2 atom stereocenters. The number of hydrogen-bond donors (Lipinski definition) is 2. The molecule has 0 amide bonds. The number of nitrogens with one attached hydrogen (secondary N) is 1. The van der Waals surface area contributed by atoms with Crippen LogP contribution in [0.4, 0.5) is 0 Å². The van der Waals surface area contributed by atoms with Gasteiger partial charge in [0.25, 0.3) is 0 Å². The van der Waals surface area contributed by atoms with Crippen LogP contribution in [0, 0.1) is 0 Å². The molecule has 2 N–H and O–H groups in total. The van der Waals surface area contributed by atoms with Gasteiger partial charge < -0.3 is 10.0 Å². The van der Waals surface area contributed by atoms with Gasteiger partial charge in [0.05, 0.1) is 0 Å². The molecule has 4 nitrogen and oxygen atoms in total. The van der Waals surface area contributed by atoms with E-state index in [-0.39, 0.29) is 0 Å². The smallest absolute Gasteiger partial charge is 0.323 e. The lowest BCUT2D eigenvalue weighted by molar-refractivity contribution is -0.144. The molecular weight excluding hydrogens is 252 g/mol. The summed E-state index contributed by atoms with van der Waals surface area (Å²) in [5.74, 6) is -0.701. The van der Waals surface area contributed by atoms with Crippen LogP contribution in [0.1, 0.15) is 65.2 Å². The summed E-state index contributed by atoms with van der Waals surface area (Å²) in [6.45, 7) is 6.15. The van der Waals surface area contributed by atoms with E-state index in [2.05, 4.69) is 17.1 Å². The van der Waals surface area contributed by atoms with Crippen LogP contribution in [0.2, 0.25) is 0 Å². The van der Waals surface area contributed by atoms with Crippen LogP contribution in [0.5, 0.6) is 0 Å². The topological polar surface area (TPSA) is 52.6 Å². The number of carbonyl (C=O) groups is 1. The summed E-state index contributed by atoms with van der Waals surface area (Å²) < 4.78 is 0. The van der Waals surface area contributed by atoms with Crippen LogP contribution in [-0.4, -0.2) is 46.7 Å². The van der Waals surface area contributed by atoms with Gasteiger partial charge in [-0.05, 0) is 52.0 Å². The van der Waals surface area contributed by atoms with Gasteiger partial charge in [0.15, 0.2) is 0 Å². The third-order valence-corrected chi connectivity index (χ3v) is 4.84. The second-order valence-corrected chi connectivity index (χ2v) is 6.78. The molecule has 1 aliphatic heterocycles. The third kappa shape index (κ3) is 4.19. The van der Waals surface area contributed by atoms with Gasteiger partial charge in [-0.15, -0.1) is 0 Å². The van der Waals surface area contributed by atoms with E-state index in [0.717, 1.165) is 25.9 Å². The van der Waals surface area contributed by atoms with Gasteiger partial charge in [-0.1, -0.05) is 19.8 Å². The first-order valence-corrected chi connectivity index (χ1v) is 8.30. The summed E-state index contributed by atoms with van der Waals surface area (Å²) in [5.41, 5.74) is -0.755. The van der Waals surface area contributed by atoms with Gasteiger partial charge in [-0.2, -0.15) is 0 Å². The predicted molar refractivity (Wildman–Crippen MR) is 80.9 cm³/mol. The molecule has 0 aromatic rings. The van der Waals surface area contributed by atoms with Crippen LogP contribution >= 0.6 is 0 Å². The summed E-state index contributed by atoms with van der Waals surface area (Å²) in [6.07, 6.45) is 9.32. The number of likely N-dealkylation sites (tertiary alicyclic amines) is 1. The van der Waals surface area contributed by atoms with Crippen molar-refractivity contribution in [1.29, 1.82) is 0 Å². The molecule has 116 valence electrons. The second kappa shape index (κ2) is 6.90. The van der Waals surface area contributed by atoms with Crippen molar-refractivity contribution in [2.75, 3.05) is 13.1 Å². The van der Waals surface area contributed by atoms with Crippen molar-refractivity contribution < 1.29 is 9.90 Å². The maximum atomic E-state index is 11.6. The average molecular weight is 282 g/mol. The molecule has 0 aromatic heterocycles. The second-order valence-electron chi connectivity index (χ2n) is 6.78. The van der Waals surface area contributed by atoms with E-state index in [9.17, 15) is 9.90 Å². The first-order chi connectivity index (χ1) is 9.55. The van der Waals surface area contributed by atoms with E-state index in [4.69, 9.17) is 0 Å². The number of nitrogens with zero attached hydrogens (tertiary/aromatic N) is 1. The van der Waals surface area contributed by atoms with E-state index in [1.54, 1.807) is 0 Å². The number of rotatable bonds is 8. The molecule has 0 spiro atoms. The minimum Gasteiger partial charge on any atom is -0.480 e. The van der Waals surface area contributed by atoms with Crippen LogP contribution in [-0.2, 0) is 4.79 Å². The van der Waals surface area contributed by atoms with Crippen molar-refractivity contribution in [3.05, 3.63) is 0 Å². The molecule has 1 heterocycles. The van der Waals surface area contributed by atoms with Crippen LogP contribution in [0.15, 0.2) is 0 Å². The largest absolute Gasteiger partial charge is 0.480 e. The van der Waals surface area contributed by atoms with Gasteiger partial charge in [-0.25, -0.2) is 0 Å². The fraction of sp³-hybridized carbons (Fsp3) is 0.938. The fourth-order valence-corrected chi connectivity index (χ4v) is 3.30. The standard InChI is InChI=1S/C16H30N2O2/c1-3-6-14-7-4-5-11-18(14)12-10-16(2,15(19)20)17-13-8-9-13/h13-14,17H,3-12H2,1-2H3,(H,19,20). The lowest BCUT2D eigenvalue weighted by Gasteiger charge is -2.38. The molecule has 2 fully saturated rings. The number of carboxylic acid groups (broad SMARTS) is 1. The number of piperidine rings is 1. The molecule has 20 heavy (non-hydrogen) atoms. The number of hydrogen-bond acceptors (Lipinski definition) is 3. The van der Waals surface area contributed by atoms with Crippen molar-refractivity contribution >= 4 is 5.97 Å². The minimum atomic E-state index is -0.755. The zero-order valence-corrected chi connectivity index (χ0v) is 13.0. The van der Waals surface area contributed by atoms with Crippen LogP contribution in [0.25, 0.3) is 0 Å². The highest BCUT2D eigenvalue weighted by Crippen LogP contribution is 2.26. The molecule has 0 radical (unpaired) electrons. The third-order valence-electron chi connectivity index (χ3n) is 4.84. The normalized spacial score (nSPS) is 27.2. The Morgan fingerprint density at radius 3 is 2.70 bits per heavy atom. The number of aliphatic carboxylic acids is 1. The Balaban J connectivity index is 1.88. The van der Waals surface area contributed by atoms with Gasteiger partial charge in [0.1, 0.15) is 5.54 Å². The van der Waals surface area contributed by atoms with Crippen molar-refractivity contribution in [1.82, 2.24) is 10.2 Å². The van der Waals surface area contributed by atoms with Crippen molar-refractivity contribution in [2.24, 2.45) is 0 Å².